The van der Waals surface area contributed by atoms with Gasteiger partial charge >= 0.3 is 0 Å². The average Bonchev–Trinajstić information content (AvgIpc) is 2.48. The highest BCUT2D eigenvalue weighted by atomic mass is 35.5. The number of rotatable bonds is 3. The van der Waals surface area contributed by atoms with E-state index in [2.05, 4.69) is 4.40 Å². The molecule has 130 valence electrons. The number of alkyl halides is 2. The second kappa shape index (κ2) is 6.62. The zero-order valence-corrected chi connectivity index (χ0v) is 16.2. The number of nitrogens with zero attached hydrogens (tertiary/aromatic N) is 1. The third-order valence-corrected chi connectivity index (χ3v) is 6.41. The molecule has 1 aromatic rings. The van der Waals surface area contributed by atoms with Crippen LogP contribution in [-0.4, -0.2) is 30.2 Å². The van der Waals surface area contributed by atoms with Crippen molar-refractivity contribution in [2.24, 2.45) is 10.3 Å². The monoisotopic (exact) mass is 387 g/mol. The van der Waals surface area contributed by atoms with Crippen molar-refractivity contribution >= 4 is 44.7 Å². The van der Waals surface area contributed by atoms with Crippen LogP contribution in [0.1, 0.15) is 26.3 Å². The maximum absolute atomic E-state index is 12.6. The molecule has 1 aromatic carbocycles. The summed E-state index contributed by atoms with van der Waals surface area (Å²) in [5.74, 6) is -0.408. The van der Waals surface area contributed by atoms with E-state index in [1.807, 2.05) is 20.8 Å². The molecule has 0 aliphatic heterocycles. The molecule has 0 aromatic heterocycles. The van der Waals surface area contributed by atoms with Gasteiger partial charge < -0.3 is 0 Å². The maximum atomic E-state index is 12.6. The van der Waals surface area contributed by atoms with Gasteiger partial charge in [-0.1, -0.05) is 31.5 Å². The first-order valence-electron chi connectivity index (χ1n) is 7.47. The molecule has 0 N–H and O–H groups in total. The van der Waals surface area contributed by atoms with Crippen molar-refractivity contribution < 1.29 is 13.2 Å². The van der Waals surface area contributed by atoms with Gasteiger partial charge in [0.25, 0.3) is 10.0 Å². The van der Waals surface area contributed by atoms with E-state index in [1.165, 1.54) is 25.1 Å². The molecule has 1 aliphatic carbocycles. The Labute approximate surface area is 152 Å². The highest BCUT2D eigenvalue weighted by Gasteiger charge is 2.45. The Morgan fingerprint density at radius 3 is 2.25 bits per heavy atom. The Hall–Kier alpha value is -1.17. The van der Waals surface area contributed by atoms with E-state index < -0.39 is 20.3 Å². The lowest BCUT2D eigenvalue weighted by atomic mass is 9.83. The van der Waals surface area contributed by atoms with Gasteiger partial charge in [-0.2, -0.15) is 12.8 Å². The standard InChI is InChI=1S/C17H19Cl2NO3S/c1-10(2)13-9-14(17(4,19)16(18)15(13)21)20-24(22,23)12-7-5-11(3)6-8-12/h5-10,16H,1-4H3. The van der Waals surface area contributed by atoms with Crippen LogP contribution in [0.5, 0.6) is 0 Å². The summed E-state index contributed by atoms with van der Waals surface area (Å²) < 4.78 is 29.0. The fourth-order valence-electron chi connectivity index (χ4n) is 2.34. The van der Waals surface area contributed by atoms with Crippen LogP contribution < -0.4 is 0 Å². The molecule has 2 atom stereocenters. The van der Waals surface area contributed by atoms with Gasteiger partial charge in [0.1, 0.15) is 10.3 Å². The van der Waals surface area contributed by atoms with E-state index in [9.17, 15) is 13.2 Å². The number of hydrogen-bond acceptors (Lipinski definition) is 3. The van der Waals surface area contributed by atoms with Gasteiger partial charge in [-0.3, -0.25) is 4.79 Å². The van der Waals surface area contributed by atoms with Gasteiger partial charge in [0.15, 0.2) is 5.78 Å². The van der Waals surface area contributed by atoms with Gasteiger partial charge in [-0.25, -0.2) is 0 Å². The SMILES string of the molecule is Cc1ccc(S(=O)(=O)N=C2C=C(C(C)C)C(=O)C(Cl)C2(C)Cl)cc1. The molecule has 24 heavy (non-hydrogen) atoms. The summed E-state index contributed by atoms with van der Waals surface area (Å²) in [6, 6.07) is 6.35. The van der Waals surface area contributed by atoms with E-state index in [-0.39, 0.29) is 22.3 Å². The first-order valence-corrected chi connectivity index (χ1v) is 9.73. The zero-order chi connectivity index (χ0) is 18.3. The Morgan fingerprint density at radius 2 is 1.75 bits per heavy atom. The topological polar surface area (TPSA) is 63.6 Å². The summed E-state index contributed by atoms with van der Waals surface area (Å²) in [7, 11) is -3.95. The minimum Gasteiger partial charge on any atom is -0.293 e. The van der Waals surface area contributed by atoms with Crippen molar-refractivity contribution in [1.82, 2.24) is 0 Å². The summed E-state index contributed by atoms with van der Waals surface area (Å²) in [6.45, 7) is 7.02. The van der Waals surface area contributed by atoms with Crippen LogP contribution >= 0.6 is 23.2 Å². The summed E-state index contributed by atoms with van der Waals surface area (Å²) in [5, 5.41) is -1.08. The lowest BCUT2D eigenvalue weighted by Crippen LogP contribution is -2.47. The van der Waals surface area contributed by atoms with Gasteiger partial charge in [0.05, 0.1) is 10.6 Å². The molecule has 0 fully saturated rings. The number of allylic oxidation sites excluding steroid dienone is 2. The largest absolute Gasteiger partial charge is 0.293 e. The van der Waals surface area contributed by atoms with Crippen molar-refractivity contribution in [3.8, 4) is 0 Å². The number of ketones is 1. The molecule has 0 heterocycles. The predicted molar refractivity (Wildman–Crippen MR) is 97.6 cm³/mol. The van der Waals surface area contributed by atoms with Crippen LogP contribution in [0.3, 0.4) is 0 Å². The first kappa shape index (κ1) is 19.2. The number of benzene rings is 1. The van der Waals surface area contributed by atoms with Crippen molar-refractivity contribution in [3.63, 3.8) is 0 Å². The van der Waals surface area contributed by atoms with E-state index in [0.717, 1.165) is 5.56 Å². The van der Waals surface area contributed by atoms with Crippen molar-refractivity contribution in [3.05, 3.63) is 41.5 Å². The second-order valence-corrected chi connectivity index (χ2v) is 9.15. The van der Waals surface area contributed by atoms with Crippen molar-refractivity contribution in [2.45, 2.75) is 42.8 Å². The average molecular weight is 388 g/mol. The lowest BCUT2D eigenvalue weighted by molar-refractivity contribution is -0.116. The minimum atomic E-state index is -3.95. The predicted octanol–water partition coefficient (Wildman–Crippen LogP) is 3.89. The van der Waals surface area contributed by atoms with Gasteiger partial charge in [-0.15, -0.1) is 23.2 Å². The number of sulfonamides is 1. The summed E-state index contributed by atoms with van der Waals surface area (Å²) in [5.41, 5.74) is 1.44. The Bertz CT molecular complexity index is 822. The van der Waals surface area contributed by atoms with E-state index in [4.69, 9.17) is 23.2 Å². The summed E-state index contributed by atoms with van der Waals surface area (Å²) in [6.07, 6.45) is 1.45. The highest BCUT2D eigenvalue weighted by Crippen LogP contribution is 2.36. The van der Waals surface area contributed by atoms with Crippen molar-refractivity contribution in [1.29, 1.82) is 0 Å². The minimum absolute atomic E-state index is 0.0654. The number of hydrogen-bond donors (Lipinski definition) is 0. The number of carbonyl (C=O) groups is 1. The molecule has 0 saturated carbocycles. The smallest absolute Gasteiger partial charge is 0.282 e. The molecule has 2 rings (SSSR count). The third-order valence-electron chi connectivity index (χ3n) is 3.94. The normalized spacial score (nSPS) is 26.8. The van der Waals surface area contributed by atoms with Crippen LogP contribution in [0, 0.1) is 12.8 Å². The van der Waals surface area contributed by atoms with Crippen LogP contribution in [0.2, 0.25) is 0 Å². The molecular formula is C17H19Cl2NO3S. The molecule has 0 spiro atoms. The Balaban J connectivity index is 2.60. The van der Waals surface area contributed by atoms with E-state index >= 15 is 0 Å². The Kier molecular flexibility index (Phi) is 5.28. The molecule has 4 nitrogen and oxygen atoms in total. The molecule has 0 amide bonds. The fourth-order valence-corrected chi connectivity index (χ4v) is 3.91. The van der Waals surface area contributed by atoms with Gasteiger partial charge in [-0.05, 0) is 38.0 Å². The molecule has 0 saturated heterocycles. The van der Waals surface area contributed by atoms with Gasteiger partial charge in [0.2, 0.25) is 0 Å². The fraction of sp³-hybridized carbons (Fsp3) is 0.412. The van der Waals surface area contributed by atoms with Gasteiger partial charge in [0, 0.05) is 5.57 Å². The Morgan fingerprint density at radius 1 is 1.21 bits per heavy atom. The van der Waals surface area contributed by atoms with E-state index in [1.54, 1.807) is 12.1 Å². The first-order chi connectivity index (χ1) is 11.0. The highest BCUT2D eigenvalue weighted by molar-refractivity contribution is 7.90. The van der Waals surface area contributed by atoms with Crippen LogP contribution in [0.4, 0.5) is 0 Å². The maximum Gasteiger partial charge on any atom is 0.282 e. The molecule has 2 unspecified atom stereocenters. The summed E-state index contributed by atoms with van der Waals surface area (Å²) in [4.78, 5) is 11.0. The second-order valence-electron chi connectivity index (χ2n) is 6.32. The quantitative estimate of drug-likeness (QED) is 0.738. The van der Waals surface area contributed by atoms with E-state index in [0.29, 0.717) is 5.57 Å². The van der Waals surface area contributed by atoms with Crippen LogP contribution in [-0.2, 0) is 14.8 Å². The number of Topliss-reactive ketones (excluding diaryl/α,β-unsaturated/α-hetero) is 1. The molecular weight excluding hydrogens is 369 g/mol. The molecule has 7 heteroatoms. The number of halogens is 2. The third kappa shape index (κ3) is 3.58. The van der Waals surface area contributed by atoms with Crippen LogP contribution in [0.25, 0.3) is 0 Å². The number of aryl methyl sites for hydroxylation is 1. The van der Waals surface area contributed by atoms with Crippen LogP contribution in [0.15, 0.2) is 45.2 Å². The summed E-state index contributed by atoms with van der Waals surface area (Å²) >= 11 is 12.6. The molecule has 0 radical (unpaired) electrons. The molecule has 0 bridgehead atoms. The molecule has 1 aliphatic rings. The van der Waals surface area contributed by atoms with Crippen molar-refractivity contribution in [2.75, 3.05) is 0 Å². The number of carbonyl (C=O) groups excluding carboxylic acids is 1. The lowest BCUT2D eigenvalue weighted by Gasteiger charge is -2.32. The zero-order valence-electron chi connectivity index (χ0n) is 13.9.